The molecule has 6 nitrogen and oxygen atoms in total. The van der Waals surface area contributed by atoms with Gasteiger partial charge in [-0.1, -0.05) is 0 Å². The molecule has 2 aliphatic heterocycles. The van der Waals surface area contributed by atoms with Crippen LogP contribution in [-0.2, 0) is 18.0 Å². The summed E-state index contributed by atoms with van der Waals surface area (Å²) in [4.78, 5) is 27.6. The van der Waals surface area contributed by atoms with Crippen molar-refractivity contribution in [2.75, 3.05) is 26.2 Å². The number of carbonyl (C=O) groups is 2. The molecule has 0 spiro atoms. The average Bonchev–Trinajstić information content (AvgIpc) is 3.18. The summed E-state index contributed by atoms with van der Waals surface area (Å²) >= 11 is 0. The van der Waals surface area contributed by atoms with Crippen molar-refractivity contribution in [3.05, 3.63) is 17.5 Å². The SMILES string of the molecule is Cn1nc(C(F)(F)F)cc1C(=O)N1CCC(CCN2CCCC2=O)CC1. The van der Waals surface area contributed by atoms with Gasteiger partial charge in [-0.15, -0.1) is 0 Å². The van der Waals surface area contributed by atoms with Crippen LogP contribution in [0.1, 0.15) is 48.3 Å². The molecule has 0 unspecified atom stereocenters. The van der Waals surface area contributed by atoms with Crippen LogP contribution in [0.2, 0.25) is 0 Å². The number of halogens is 3. The Balaban J connectivity index is 1.52. The Morgan fingerprint density at radius 2 is 1.96 bits per heavy atom. The Kier molecular flexibility index (Phi) is 5.24. The summed E-state index contributed by atoms with van der Waals surface area (Å²) < 4.78 is 39.2. The van der Waals surface area contributed by atoms with E-state index < -0.39 is 17.8 Å². The third-order valence-corrected chi connectivity index (χ3v) is 5.27. The molecule has 0 N–H and O–H groups in total. The third kappa shape index (κ3) is 4.02. The maximum absolute atomic E-state index is 12.7. The monoisotopic (exact) mass is 372 g/mol. The molecule has 26 heavy (non-hydrogen) atoms. The number of carbonyl (C=O) groups excluding carboxylic acids is 2. The number of nitrogens with zero attached hydrogens (tertiary/aromatic N) is 4. The first-order chi connectivity index (χ1) is 12.3. The van der Waals surface area contributed by atoms with Gasteiger partial charge in [0, 0.05) is 45.7 Å². The summed E-state index contributed by atoms with van der Waals surface area (Å²) in [5.41, 5.74) is -1.09. The molecule has 0 atom stereocenters. The Hall–Kier alpha value is -2.06. The van der Waals surface area contributed by atoms with Gasteiger partial charge >= 0.3 is 6.18 Å². The normalized spacial score (nSPS) is 19.5. The minimum absolute atomic E-state index is 0.0431. The van der Waals surface area contributed by atoms with Gasteiger partial charge < -0.3 is 9.80 Å². The van der Waals surface area contributed by atoms with E-state index in [-0.39, 0.29) is 11.6 Å². The molecular formula is C17H23F3N4O2. The summed E-state index contributed by atoms with van der Waals surface area (Å²) in [6, 6.07) is 0.813. The highest BCUT2D eigenvalue weighted by atomic mass is 19.4. The van der Waals surface area contributed by atoms with Crippen LogP contribution in [0.5, 0.6) is 0 Å². The lowest BCUT2D eigenvalue weighted by Crippen LogP contribution is -2.40. The number of aromatic nitrogens is 2. The van der Waals surface area contributed by atoms with Gasteiger partial charge in [0.2, 0.25) is 5.91 Å². The lowest BCUT2D eigenvalue weighted by Gasteiger charge is -2.32. The van der Waals surface area contributed by atoms with E-state index in [9.17, 15) is 22.8 Å². The van der Waals surface area contributed by atoms with Crippen LogP contribution in [0.15, 0.2) is 6.07 Å². The molecule has 0 aromatic carbocycles. The molecule has 0 radical (unpaired) electrons. The molecule has 0 bridgehead atoms. The first kappa shape index (κ1) is 18.7. The van der Waals surface area contributed by atoms with E-state index in [1.54, 1.807) is 4.90 Å². The van der Waals surface area contributed by atoms with E-state index >= 15 is 0 Å². The second kappa shape index (κ2) is 7.28. The van der Waals surface area contributed by atoms with Crippen molar-refractivity contribution in [2.24, 2.45) is 13.0 Å². The first-order valence-corrected chi connectivity index (χ1v) is 8.94. The largest absolute Gasteiger partial charge is 0.435 e. The number of hydrogen-bond acceptors (Lipinski definition) is 3. The van der Waals surface area contributed by atoms with Crippen LogP contribution >= 0.6 is 0 Å². The van der Waals surface area contributed by atoms with Crippen molar-refractivity contribution in [3.63, 3.8) is 0 Å². The fourth-order valence-corrected chi connectivity index (χ4v) is 3.67. The average molecular weight is 372 g/mol. The lowest BCUT2D eigenvalue weighted by molar-refractivity contribution is -0.141. The van der Waals surface area contributed by atoms with Crippen LogP contribution in [-0.4, -0.2) is 57.6 Å². The third-order valence-electron chi connectivity index (χ3n) is 5.27. The zero-order chi connectivity index (χ0) is 18.9. The summed E-state index contributed by atoms with van der Waals surface area (Å²) in [6.07, 6.45) is -0.475. The van der Waals surface area contributed by atoms with Gasteiger partial charge in [-0.3, -0.25) is 14.3 Å². The van der Waals surface area contributed by atoms with Gasteiger partial charge in [0.15, 0.2) is 5.69 Å². The van der Waals surface area contributed by atoms with E-state index in [1.807, 2.05) is 4.90 Å². The molecule has 2 saturated heterocycles. The number of rotatable bonds is 4. The molecule has 144 valence electrons. The van der Waals surface area contributed by atoms with E-state index in [1.165, 1.54) is 7.05 Å². The number of alkyl halides is 3. The Morgan fingerprint density at radius 3 is 2.50 bits per heavy atom. The fraction of sp³-hybridized carbons (Fsp3) is 0.706. The highest BCUT2D eigenvalue weighted by Crippen LogP contribution is 2.29. The minimum Gasteiger partial charge on any atom is -0.343 e. The summed E-state index contributed by atoms with van der Waals surface area (Å²) in [5.74, 6) is 0.239. The molecule has 2 amide bonds. The number of likely N-dealkylation sites (tertiary alicyclic amines) is 2. The van der Waals surface area contributed by atoms with Gasteiger partial charge in [0.05, 0.1) is 0 Å². The minimum atomic E-state index is -4.56. The quantitative estimate of drug-likeness (QED) is 0.815. The summed E-state index contributed by atoms with van der Waals surface area (Å²) in [6.45, 7) is 2.63. The van der Waals surface area contributed by atoms with Crippen LogP contribution < -0.4 is 0 Å². The molecule has 2 aliphatic rings. The zero-order valence-corrected chi connectivity index (χ0v) is 14.8. The van der Waals surface area contributed by atoms with Gasteiger partial charge in [-0.25, -0.2) is 0 Å². The van der Waals surface area contributed by atoms with Crippen molar-refractivity contribution in [3.8, 4) is 0 Å². The van der Waals surface area contributed by atoms with Crippen molar-refractivity contribution in [1.29, 1.82) is 0 Å². The number of hydrogen-bond donors (Lipinski definition) is 0. The molecule has 2 fully saturated rings. The Bertz CT molecular complexity index is 678. The van der Waals surface area contributed by atoms with Crippen molar-refractivity contribution in [2.45, 2.75) is 38.3 Å². The van der Waals surface area contributed by atoms with Crippen molar-refractivity contribution < 1.29 is 22.8 Å². The zero-order valence-electron chi connectivity index (χ0n) is 14.8. The fourth-order valence-electron chi connectivity index (χ4n) is 3.67. The molecule has 3 rings (SSSR count). The second-order valence-corrected chi connectivity index (χ2v) is 7.04. The molecule has 0 saturated carbocycles. The number of aryl methyl sites for hydroxylation is 1. The van der Waals surface area contributed by atoms with Gasteiger partial charge in [-0.2, -0.15) is 18.3 Å². The van der Waals surface area contributed by atoms with Gasteiger partial charge in [0.25, 0.3) is 5.91 Å². The van der Waals surface area contributed by atoms with Crippen molar-refractivity contribution >= 4 is 11.8 Å². The highest BCUT2D eigenvalue weighted by Gasteiger charge is 2.36. The second-order valence-electron chi connectivity index (χ2n) is 7.04. The first-order valence-electron chi connectivity index (χ1n) is 8.94. The molecule has 3 heterocycles. The standard InChI is InChI=1S/C17H23F3N4O2/c1-22-13(11-14(21-22)17(18,19)20)16(26)24-9-5-12(6-10-24)4-8-23-7-2-3-15(23)25/h11-12H,2-10H2,1H3. The van der Waals surface area contributed by atoms with Crippen LogP contribution in [0.3, 0.4) is 0 Å². The van der Waals surface area contributed by atoms with Crippen LogP contribution in [0.25, 0.3) is 0 Å². The predicted molar refractivity (Wildman–Crippen MR) is 87.3 cm³/mol. The van der Waals surface area contributed by atoms with E-state index in [4.69, 9.17) is 0 Å². The number of piperidine rings is 1. The smallest absolute Gasteiger partial charge is 0.343 e. The topological polar surface area (TPSA) is 58.4 Å². The maximum Gasteiger partial charge on any atom is 0.435 e. The number of amides is 2. The lowest BCUT2D eigenvalue weighted by atomic mass is 9.93. The molecule has 1 aromatic heterocycles. The van der Waals surface area contributed by atoms with Gasteiger partial charge in [0.1, 0.15) is 5.69 Å². The predicted octanol–water partition coefficient (Wildman–Crippen LogP) is 2.30. The molecular weight excluding hydrogens is 349 g/mol. The highest BCUT2D eigenvalue weighted by molar-refractivity contribution is 5.92. The molecule has 9 heteroatoms. The van der Waals surface area contributed by atoms with E-state index in [0.717, 1.165) is 49.5 Å². The van der Waals surface area contributed by atoms with Crippen molar-refractivity contribution in [1.82, 2.24) is 19.6 Å². The van der Waals surface area contributed by atoms with Crippen LogP contribution in [0, 0.1) is 5.92 Å². The maximum atomic E-state index is 12.7. The van der Waals surface area contributed by atoms with E-state index in [0.29, 0.717) is 25.4 Å². The molecule has 0 aliphatic carbocycles. The summed E-state index contributed by atoms with van der Waals surface area (Å²) in [5, 5.41) is 3.40. The molecule has 1 aromatic rings. The van der Waals surface area contributed by atoms with Crippen LogP contribution in [0.4, 0.5) is 13.2 Å². The summed E-state index contributed by atoms with van der Waals surface area (Å²) in [7, 11) is 1.35. The Labute approximate surface area is 149 Å². The van der Waals surface area contributed by atoms with Gasteiger partial charge in [-0.05, 0) is 31.6 Å². The Morgan fingerprint density at radius 1 is 1.27 bits per heavy atom. The van der Waals surface area contributed by atoms with E-state index in [2.05, 4.69) is 5.10 Å².